The van der Waals surface area contributed by atoms with Crippen molar-refractivity contribution in [3.8, 4) is 11.5 Å². The second kappa shape index (κ2) is 8.10. The molecule has 0 saturated heterocycles. The van der Waals surface area contributed by atoms with Gasteiger partial charge in [-0.2, -0.15) is 0 Å². The highest BCUT2D eigenvalue weighted by atomic mass is 16.6. The lowest BCUT2D eigenvalue weighted by atomic mass is 9.97. The van der Waals surface area contributed by atoms with E-state index in [0.717, 1.165) is 16.5 Å². The maximum atomic E-state index is 13.7. The third-order valence-electron chi connectivity index (χ3n) is 5.81. The summed E-state index contributed by atoms with van der Waals surface area (Å²) >= 11 is 0. The van der Waals surface area contributed by atoms with E-state index < -0.39 is 11.7 Å². The molecule has 4 heterocycles. The fourth-order valence-corrected chi connectivity index (χ4v) is 4.36. The number of carbonyl (C=O) groups is 1. The van der Waals surface area contributed by atoms with E-state index >= 15 is 0 Å². The van der Waals surface area contributed by atoms with E-state index in [1.54, 1.807) is 15.7 Å². The van der Waals surface area contributed by atoms with Gasteiger partial charge in [-0.1, -0.05) is 6.07 Å². The minimum absolute atomic E-state index is 0.139. The normalized spacial score (nSPS) is 15.3. The number of hydrogen-bond acceptors (Lipinski definition) is 6. The van der Waals surface area contributed by atoms with Crippen LogP contribution in [0.4, 0.5) is 4.79 Å². The predicted molar refractivity (Wildman–Crippen MR) is 123 cm³/mol. The first kappa shape index (κ1) is 21.3. The van der Waals surface area contributed by atoms with Gasteiger partial charge in [0.05, 0.1) is 13.1 Å². The topological polar surface area (TPSA) is 82.9 Å². The summed E-state index contributed by atoms with van der Waals surface area (Å²) in [6.07, 6.45) is 1.87. The van der Waals surface area contributed by atoms with Gasteiger partial charge in [-0.15, -0.1) is 0 Å². The molecule has 33 heavy (non-hydrogen) atoms. The van der Waals surface area contributed by atoms with E-state index in [2.05, 4.69) is 4.98 Å². The smallest absolute Gasteiger partial charge is 0.410 e. The maximum Gasteiger partial charge on any atom is 0.410 e. The number of rotatable bonds is 2. The number of pyridine rings is 2. The minimum Gasteiger partial charge on any atom is -0.486 e. The number of benzene rings is 1. The van der Waals surface area contributed by atoms with Gasteiger partial charge in [-0.05, 0) is 62.6 Å². The van der Waals surface area contributed by atoms with Crippen molar-refractivity contribution in [2.45, 2.75) is 45.9 Å². The Morgan fingerprint density at radius 1 is 1.12 bits per heavy atom. The second-order valence-electron chi connectivity index (χ2n) is 9.35. The molecule has 0 aliphatic carbocycles. The van der Waals surface area contributed by atoms with E-state index in [-0.39, 0.29) is 12.1 Å². The molecular formula is C25H27N3O5. The molecule has 8 nitrogen and oxygen atoms in total. The van der Waals surface area contributed by atoms with Crippen LogP contribution in [0.25, 0.3) is 11.0 Å². The molecule has 1 amide bonds. The fourth-order valence-electron chi connectivity index (χ4n) is 4.36. The van der Waals surface area contributed by atoms with E-state index in [1.807, 2.05) is 51.1 Å². The molecule has 172 valence electrons. The molecular weight excluding hydrogens is 422 g/mol. The molecule has 0 radical (unpaired) electrons. The summed E-state index contributed by atoms with van der Waals surface area (Å²) < 4.78 is 18.5. The van der Waals surface area contributed by atoms with Gasteiger partial charge in [0.2, 0.25) is 0 Å². The van der Waals surface area contributed by atoms with Gasteiger partial charge in [0.1, 0.15) is 24.5 Å². The van der Waals surface area contributed by atoms with Crippen molar-refractivity contribution >= 4 is 17.1 Å². The first-order valence-corrected chi connectivity index (χ1v) is 11.2. The first-order valence-electron chi connectivity index (χ1n) is 11.2. The summed E-state index contributed by atoms with van der Waals surface area (Å²) in [5.74, 6) is 1.39. The average Bonchev–Trinajstić information content (AvgIpc) is 2.80. The number of ether oxygens (including phenoxy) is 3. The van der Waals surface area contributed by atoms with Crippen molar-refractivity contribution in [3.05, 3.63) is 63.6 Å². The van der Waals surface area contributed by atoms with Crippen LogP contribution in [0.15, 0.2) is 41.3 Å². The number of aromatic nitrogens is 2. The van der Waals surface area contributed by atoms with Crippen molar-refractivity contribution in [1.29, 1.82) is 0 Å². The molecule has 0 fully saturated rings. The summed E-state index contributed by atoms with van der Waals surface area (Å²) in [6, 6.07) is 9.57. The van der Waals surface area contributed by atoms with Crippen LogP contribution in [-0.2, 0) is 24.2 Å². The Bertz CT molecular complexity index is 1290. The van der Waals surface area contributed by atoms with E-state index in [0.29, 0.717) is 55.4 Å². The Morgan fingerprint density at radius 2 is 1.91 bits per heavy atom. The Kier molecular flexibility index (Phi) is 5.23. The largest absolute Gasteiger partial charge is 0.486 e. The molecule has 3 aromatic rings. The zero-order valence-electron chi connectivity index (χ0n) is 19.1. The van der Waals surface area contributed by atoms with Crippen LogP contribution in [0.1, 0.15) is 37.5 Å². The van der Waals surface area contributed by atoms with Crippen LogP contribution < -0.4 is 15.0 Å². The van der Waals surface area contributed by atoms with Crippen molar-refractivity contribution in [3.63, 3.8) is 0 Å². The molecule has 0 atom stereocenters. The highest BCUT2D eigenvalue weighted by Gasteiger charge is 2.29. The Morgan fingerprint density at radius 3 is 2.70 bits per heavy atom. The highest BCUT2D eigenvalue weighted by molar-refractivity contribution is 5.81. The van der Waals surface area contributed by atoms with Crippen LogP contribution in [0.2, 0.25) is 0 Å². The molecule has 2 aliphatic rings. The maximum absolute atomic E-state index is 13.7. The standard InChI is InChI=1S/C25H27N3O5/c1-25(2,3)33-24(30)27-10-8-17-18-5-4-9-26-22(18)28(23(29)19(17)15-27)14-16-6-7-20-21(13-16)32-12-11-31-20/h4-7,9,13H,8,10-12,14-15H2,1-3H3. The van der Waals surface area contributed by atoms with E-state index in [1.165, 1.54) is 0 Å². The van der Waals surface area contributed by atoms with Crippen LogP contribution >= 0.6 is 0 Å². The SMILES string of the molecule is CC(C)(C)OC(=O)N1CCc2c(c(=O)n(Cc3ccc4c(c3)OCCO4)c3ncccc23)C1. The number of amides is 1. The molecule has 8 heteroatoms. The van der Waals surface area contributed by atoms with Gasteiger partial charge in [0.25, 0.3) is 5.56 Å². The summed E-state index contributed by atoms with van der Waals surface area (Å²) in [4.78, 5) is 32.5. The van der Waals surface area contributed by atoms with E-state index in [9.17, 15) is 9.59 Å². The van der Waals surface area contributed by atoms with Gasteiger partial charge >= 0.3 is 6.09 Å². The van der Waals surface area contributed by atoms with Crippen LogP contribution in [-0.4, -0.2) is 45.9 Å². The van der Waals surface area contributed by atoms with Crippen LogP contribution in [0.3, 0.4) is 0 Å². The molecule has 2 aromatic heterocycles. The van der Waals surface area contributed by atoms with Crippen molar-refractivity contribution in [2.75, 3.05) is 19.8 Å². The summed E-state index contributed by atoms with van der Waals surface area (Å²) in [7, 11) is 0. The van der Waals surface area contributed by atoms with Crippen molar-refractivity contribution in [1.82, 2.24) is 14.5 Å². The number of fused-ring (bicyclic) bond motifs is 4. The molecule has 0 unspecified atom stereocenters. The quantitative estimate of drug-likeness (QED) is 0.596. The molecule has 2 aliphatic heterocycles. The van der Waals surface area contributed by atoms with Crippen LogP contribution in [0.5, 0.6) is 11.5 Å². The molecule has 0 spiro atoms. The molecule has 0 saturated carbocycles. The number of hydrogen-bond donors (Lipinski definition) is 0. The number of nitrogens with zero attached hydrogens (tertiary/aromatic N) is 3. The average molecular weight is 450 g/mol. The lowest BCUT2D eigenvalue weighted by Crippen LogP contribution is -2.43. The first-order chi connectivity index (χ1) is 15.8. The van der Waals surface area contributed by atoms with Gasteiger partial charge < -0.3 is 19.1 Å². The van der Waals surface area contributed by atoms with E-state index in [4.69, 9.17) is 14.2 Å². The third-order valence-corrected chi connectivity index (χ3v) is 5.81. The summed E-state index contributed by atoms with van der Waals surface area (Å²) in [5, 5.41) is 0.938. The third kappa shape index (κ3) is 4.13. The van der Waals surface area contributed by atoms with Crippen molar-refractivity contribution in [2.24, 2.45) is 0 Å². The predicted octanol–water partition coefficient (Wildman–Crippen LogP) is 3.51. The number of carbonyl (C=O) groups excluding carboxylic acids is 1. The van der Waals surface area contributed by atoms with Gasteiger partial charge in [-0.3, -0.25) is 9.36 Å². The Balaban J connectivity index is 1.55. The lowest BCUT2D eigenvalue weighted by molar-refractivity contribution is 0.0223. The lowest BCUT2D eigenvalue weighted by Gasteiger charge is -2.31. The summed E-state index contributed by atoms with van der Waals surface area (Å²) in [5.41, 5.74) is 2.39. The highest BCUT2D eigenvalue weighted by Crippen LogP contribution is 2.31. The summed E-state index contributed by atoms with van der Waals surface area (Å²) in [6.45, 7) is 7.59. The molecule has 1 aromatic carbocycles. The van der Waals surface area contributed by atoms with Gasteiger partial charge in [-0.25, -0.2) is 9.78 Å². The molecule has 5 rings (SSSR count). The zero-order valence-corrected chi connectivity index (χ0v) is 19.1. The second-order valence-corrected chi connectivity index (χ2v) is 9.35. The molecule has 0 bridgehead atoms. The van der Waals surface area contributed by atoms with Gasteiger partial charge in [0, 0.05) is 23.7 Å². The Labute approximate surface area is 191 Å². The fraction of sp³-hybridized carbons (Fsp3) is 0.400. The molecule has 0 N–H and O–H groups in total. The van der Waals surface area contributed by atoms with Crippen molar-refractivity contribution < 1.29 is 19.0 Å². The van der Waals surface area contributed by atoms with Gasteiger partial charge in [0.15, 0.2) is 11.5 Å². The monoisotopic (exact) mass is 449 g/mol. The minimum atomic E-state index is -0.594. The zero-order chi connectivity index (χ0) is 23.2. The van der Waals surface area contributed by atoms with Crippen LogP contribution in [0, 0.1) is 0 Å². The Hall–Kier alpha value is -3.55.